The van der Waals surface area contributed by atoms with E-state index in [1.54, 1.807) is 28.5 Å². The maximum atomic E-state index is 11.7. The molecule has 1 aromatic rings. The highest BCUT2D eigenvalue weighted by Gasteiger charge is 2.08. The van der Waals surface area contributed by atoms with Crippen molar-refractivity contribution < 1.29 is 0 Å². The largest absolute Gasteiger partial charge is 0.328 e. The summed E-state index contributed by atoms with van der Waals surface area (Å²) in [5.74, 6) is -0.129. The van der Waals surface area contributed by atoms with Crippen molar-refractivity contribution in [1.82, 2.24) is 9.13 Å². The van der Waals surface area contributed by atoms with E-state index in [9.17, 15) is 4.79 Å². The molecule has 4 nitrogen and oxygen atoms in total. The number of rotatable bonds is 3. The molecule has 0 spiro atoms. The number of nitriles is 1. The van der Waals surface area contributed by atoms with Gasteiger partial charge in [0.2, 0.25) is 0 Å². The van der Waals surface area contributed by atoms with Crippen LogP contribution in [0.5, 0.6) is 0 Å². The highest BCUT2D eigenvalue weighted by Crippen LogP contribution is 2.01. The summed E-state index contributed by atoms with van der Waals surface area (Å²) < 4.78 is 3.23. The fraction of sp³-hybridized carbons (Fsp3) is 0.600. The van der Waals surface area contributed by atoms with Crippen LogP contribution in [0, 0.1) is 17.2 Å². The van der Waals surface area contributed by atoms with E-state index in [0.29, 0.717) is 6.54 Å². The smallest absolute Gasteiger partial charge is 0.298 e. The Kier molecular flexibility index (Phi) is 3.13. The number of nitrogens with zero attached hydrogens (tertiary/aromatic N) is 3. The molecule has 1 atom stereocenters. The molecule has 0 aliphatic rings. The maximum Gasteiger partial charge on any atom is 0.328 e. The van der Waals surface area contributed by atoms with Crippen molar-refractivity contribution >= 4 is 0 Å². The summed E-state index contributed by atoms with van der Waals surface area (Å²) in [5.41, 5.74) is -0.0397. The summed E-state index contributed by atoms with van der Waals surface area (Å²) in [7, 11) is 0. The van der Waals surface area contributed by atoms with Gasteiger partial charge < -0.3 is 0 Å². The number of aromatic nitrogens is 2. The van der Waals surface area contributed by atoms with Crippen LogP contribution in [-0.4, -0.2) is 9.13 Å². The Balaban J connectivity index is 2.92. The Labute approximate surface area is 83.4 Å². The fourth-order valence-electron chi connectivity index (χ4n) is 1.30. The molecule has 1 unspecified atom stereocenters. The van der Waals surface area contributed by atoms with Crippen molar-refractivity contribution in [3.8, 4) is 6.07 Å². The van der Waals surface area contributed by atoms with E-state index >= 15 is 0 Å². The molecule has 1 aromatic heterocycles. The van der Waals surface area contributed by atoms with E-state index in [0.717, 1.165) is 0 Å². The van der Waals surface area contributed by atoms with Crippen LogP contribution in [0.15, 0.2) is 17.2 Å². The van der Waals surface area contributed by atoms with Crippen LogP contribution >= 0.6 is 0 Å². The molecule has 0 saturated heterocycles. The lowest BCUT2D eigenvalue weighted by atomic mass is 10.2. The zero-order chi connectivity index (χ0) is 10.7. The Bertz CT molecular complexity index is 394. The number of hydrogen-bond donors (Lipinski definition) is 0. The zero-order valence-corrected chi connectivity index (χ0v) is 8.77. The van der Waals surface area contributed by atoms with Gasteiger partial charge in [0, 0.05) is 25.0 Å². The van der Waals surface area contributed by atoms with Gasteiger partial charge in [0.1, 0.15) is 0 Å². The molecule has 0 bridgehead atoms. The molecule has 0 N–H and O–H groups in total. The van der Waals surface area contributed by atoms with E-state index in [4.69, 9.17) is 5.26 Å². The molecule has 14 heavy (non-hydrogen) atoms. The SMILES string of the molecule is CC(C#N)Cn1ccn(C(C)C)c1=O. The topological polar surface area (TPSA) is 50.7 Å². The van der Waals surface area contributed by atoms with Crippen LogP contribution in [0.4, 0.5) is 0 Å². The van der Waals surface area contributed by atoms with Gasteiger partial charge in [0.25, 0.3) is 0 Å². The van der Waals surface area contributed by atoms with Crippen molar-refractivity contribution in [2.45, 2.75) is 33.4 Å². The third-order valence-electron chi connectivity index (χ3n) is 2.12. The van der Waals surface area contributed by atoms with Gasteiger partial charge in [-0.3, -0.25) is 9.13 Å². The predicted molar refractivity (Wildman–Crippen MR) is 53.9 cm³/mol. The summed E-state index contributed by atoms with van der Waals surface area (Å²) in [6, 6.07) is 2.28. The summed E-state index contributed by atoms with van der Waals surface area (Å²) in [6.45, 7) is 6.19. The van der Waals surface area contributed by atoms with E-state index < -0.39 is 0 Å². The zero-order valence-electron chi connectivity index (χ0n) is 8.77. The maximum absolute atomic E-state index is 11.7. The Morgan fingerprint density at radius 2 is 2.07 bits per heavy atom. The molecule has 1 rings (SSSR count). The third-order valence-corrected chi connectivity index (χ3v) is 2.12. The molecular formula is C10H15N3O. The minimum absolute atomic E-state index is 0.0397. The molecular weight excluding hydrogens is 178 g/mol. The van der Waals surface area contributed by atoms with Crippen molar-refractivity contribution in [1.29, 1.82) is 5.26 Å². The molecule has 0 aliphatic heterocycles. The summed E-state index contributed by atoms with van der Waals surface area (Å²) in [5, 5.41) is 8.63. The minimum atomic E-state index is -0.129. The molecule has 0 aromatic carbocycles. The lowest BCUT2D eigenvalue weighted by Gasteiger charge is -2.05. The number of hydrogen-bond acceptors (Lipinski definition) is 2. The van der Waals surface area contributed by atoms with Crippen LogP contribution in [0.1, 0.15) is 26.8 Å². The average molecular weight is 193 g/mol. The average Bonchev–Trinajstić information content (AvgIpc) is 2.48. The van der Waals surface area contributed by atoms with Gasteiger partial charge in [-0.2, -0.15) is 5.26 Å². The van der Waals surface area contributed by atoms with E-state index in [1.165, 1.54) is 0 Å². The third kappa shape index (κ3) is 2.05. The molecule has 0 saturated carbocycles. The van der Waals surface area contributed by atoms with Crippen LogP contribution in [0.25, 0.3) is 0 Å². The Morgan fingerprint density at radius 3 is 2.50 bits per heavy atom. The molecule has 0 aliphatic carbocycles. The normalized spacial score (nSPS) is 12.8. The van der Waals surface area contributed by atoms with Crippen LogP contribution in [0.3, 0.4) is 0 Å². The standard InChI is InChI=1S/C10H15N3O/c1-8(2)13-5-4-12(10(13)14)7-9(3)6-11/h4-5,8-9H,7H2,1-3H3. The Hall–Kier alpha value is -1.50. The monoisotopic (exact) mass is 193 g/mol. The Morgan fingerprint density at radius 1 is 1.43 bits per heavy atom. The number of imidazole rings is 1. The van der Waals surface area contributed by atoms with Gasteiger partial charge in [-0.15, -0.1) is 0 Å². The molecule has 76 valence electrons. The second-order valence-corrected chi connectivity index (χ2v) is 3.76. The van der Waals surface area contributed by atoms with Crippen molar-refractivity contribution in [3.05, 3.63) is 22.9 Å². The predicted octanol–water partition coefficient (Wildman–Crippen LogP) is 1.39. The molecule has 4 heteroatoms. The summed E-state index contributed by atoms with van der Waals surface area (Å²) in [6.07, 6.45) is 3.49. The van der Waals surface area contributed by atoms with Gasteiger partial charge in [0.05, 0.1) is 12.0 Å². The van der Waals surface area contributed by atoms with Gasteiger partial charge in [0.15, 0.2) is 0 Å². The second kappa shape index (κ2) is 4.14. The van der Waals surface area contributed by atoms with Crippen LogP contribution < -0.4 is 5.69 Å². The lowest BCUT2D eigenvalue weighted by Crippen LogP contribution is -2.26. The lowest BCUT2D eigenvalue weighted by molar-refractivity contribution is 0.520. The van der Waals surface area contributed by atoms with Gasteiger partial charge in [-0.05, 0) is 20.8 Å². The van der Waals surface area contributed by atoms with Crippen LogP contribution in [-0.2, 0) is 6.54 Å². The molecule has 0 radical (unpaired) electrons. The minimum Gasteiger partial charge on any atom is -0.298 e. The molecule has 1 heterocycles. The highest BCUT2D eigenvalue weighted by molar-refractivity contribution is 4.87. The van der Waals surface area contributed by atoms with Gasteiger partial charge >= 0.3 is 5.69 Å². The van der Waals surface area contributed by atoms with E-state index in [-0.39, 0.29) is 17.6 Å². The molecule has 0 fully saturated rings. The fourth-order valence-corrected chi connectivity index (χ4v) is 1.30. The van der Waals surface area contributed by atoms with Gasteiger partial charge in [-0.25, -0.2) is 4.79 Å². The van der Waals surface area contributed by atoms with E-state index in [2.05, 4.69) is 6.07 Å². The van der Waals surface area contributed by atoms with Crippen molar-refractivity contribution in [2.24, 2.45) is 5.92 Å². The quantitative estimate of drug-likeness (QED) is 0.728. The van der Waals surface area contributed by atoms with Crippen molar-refractivity contribution in [3.63, 3.8) is 0 Å². The first-order valence-corrected chi connectivity index (χ1v) is 4.73. The first-order chi connectivity index (χ1) is 6.56. The summed E-state index contributed by atoms with van der Waals surface area (Å²) >= 11 is 0. The van der Waals surface area contributed by atoms with Gasteiger partial charge in [-0.1, -0.05) is 0 Å². The first kappa shape index (κ1) is 10.6. The first-order valence-electron chi connectivity index (χ1n) is 4.73. The second-order valence-electron chi connectivity index (χ2n) is 3.76. The van der Waals surface area contributed by atoms with Crippen molar-refractivity contribution in [2.75, 3.05) is 0 Å². The highest BCUT2D eigenvalue weighted by atomic mass is 16.1. The summed E-state index contributed by atoms with van der Waals surface area (Å²) in [4.78, 5) is 11.7. The van der Waals surface area contributed by atoms with Crippen LogP contribution in [0.2, 0.25) is 0 Å². The van der Waals surface area contributed by atoms with E-state index in [1.807, 2.05) is 13.8 Å². The molecule has 0 amide bonds.